The van der Waals surface area contributed by atoms with Crippen molar-refractivity contribution in [3.63, 3.8) is 0 Å². The van der Waals surface area contributed by atoms with Gasteiger partial charge in [0.05, 0.1) is 0 Å². The molecule has 158 valence electrons. The third-order valence-electron chi connectivity index (χ3n) is 5.10. The van der Waals surface area contributed by atoms with Crippen LogP contribution in [0.5, 0.6) is 23.0 Å². The van der Waals surface area contributed by atoms with Crippen molar-refractivity contribution in [2.75, 3.05) is 39.6 Å². The molecule has 2 aromatic carbocycles. The smallest absolute Gasteiger partial charge is 0.342 e. The van der Waals surface area contributed by atoms with Crippen molar-refractivity contribution in [2.45, 2.75) is 6.54 Å². The van der Waals surface area contributed by atoms with Crippen LogP contribution in [0.3, 0.4) is 0 Å². The highest BCUT2D eigenvalue weighted by atomic mass is 16.7. The van der Waals surface area contributed by atoms with Gasteiger partial charge >= 0.3 is 5.97 Å². The zero-order chi connectivity index (χ0) is 21.1. The van der Waals surface area contributed by atoms with E-state index in [1.54, 1.807) is 4.90 Å². The Bertz CT molecular complexity index is 954. The van der Waals surface area contributed by atoms with Gasteiger partial charge in [-0.15, -0.1) is 0 Å². The van der Waals surface area contributed by atoms with E-state index in [-0.39, 0.29) is 24.0 Å². The Labute approximate surface area is 173 Å². The summed E-state index contributed by atoms with van der Waals surface area (Å²) in [6, 6.07) is 9.42. The fourth-order valence-corrected chi connectivity index (χ4v) is 3.44. The highest BCUT2D eigenvalue weighted by molar-refractivity contribution is 5.94. The molecule has 2 aliphatic heterocycles. The van der Waals surface area contributed by atoms with Crippen molar-refractivity contribution in [3.8, 4) is 23.0 Å². The topological polar surface area (TPSA) is 109 Å². The van der Waals surface area contributed by atoms with Crippen LogP contribution in [0.4, 0.5) is 0 Å². The van der Waals surface area contributed by atoms with Crippen LogP contribution >= 0.6 is 0 Å². The summed E-state index contributed by atoms with van der Waals surface area (Å²) >= 11 is 0. The number of phenolic OH excluding ortho intramolecular Hbond substituents is 2. The number of carbonyl (C=O) groups excluding carboxylic acids is 2. The molecule has 9 nitrogen and oxygen atoms in total. The van der Waals surface area contributed by atoms with Crippen molar-refractivity contribution < 1.29 is 34.0 Å². The lowest BCUT2D eigenvalue weighted by atomic mass is 10.1. The number of hydrogen-bond donors (Lipinski definition) is 2. The molecule has 1 saturated heterocycles. The van der Waals surface area contributed by atoms with E-state index in [0.717, 1.165) is 29.7 Å². The molecular formula is C21H22N2O7. The summed E-state index contributed by atoms with van der Waals surface area (Å²) in [4.78, 5) is 28.3. The monoisotopic (exact) mass is 414 g/mol. The molecule has 0 spiro atoms. The Balaban J connectivity index is 1.23. The number of hydrogen-bond acceptors (Lipinski definition) is 8. The molecule has 1 amide bonds. The number of esters is 1. The number of ether oxygens (including phenoxy) is 3. The molecule has 2 N–H and O–H groups in total. The lowest BCUT2D eigenvalue weighted by Crippen LogP contribution is -2.49. The summed E-state index contributed by atoms with van der Waals surface area (Å²) < 4.78 is 15.7. The number of rotatable bonds is 5. The van der Waals surface area contributed by atoms with E-state index in [9.17, 15) is 19.8 Å². The number of benzene rings is 2. The van der Waals surface area contributed by atoms with Gasteiger partial charge in [0.1, 0.15) is 17.1 Å². The Morgan fingerprint density at radius 3 is 2.50 bits per heavy atom. The molecule has 0 atom stereocenters. The van der Waals surface area contributed by atoms with E-state index >= 15 is 0 Å². The van der Waals surface area contributed by atoms with Gasteiger partial charge in [-0.25, -0.2) is 4.79 Å². The van der Waals surface area contributed by atoms with Gasteiger partial charge < -0.3 is 29.3 Å². The fraction of sp³-hybridized carbons (Fsp3) is 0.333. The molecular weight excluding hydrogens is 392 g/mol. The molecule has 2 heterocycles. The Kier molecular flexibility index (Phi) is 5.62. The minimum atomic E-state index is -0.817. The van der Waals surface area contributed by atoms with Crippen LogP contribution in [0.1, 0.15) is 15.9 Å². The molecule has 0 saturated carbocycles. The van der Waals surface area contributed by atoms with Crippen LogP contribution in [0.25, 0.3) is 0 Å². The van der Waals surface area contributed by atoms with Crippen molar-refractivity contribution in [2.24, 2.45) is 0 Å². The molecule has 9 heteroatoms. The summed E-state index contributed by atoms with van der Waals surface area (Å²) in [5.74, 6) is -0.165. The van der Waals surface area contributed by atoms with Crippen LogP contribution in [0, 0.1) is 0 Å². The Morgan fingerprint density at radius 1 is 0.967 bits per heavy atom. The lowest BCUT2D eigenvalue weighted by molar-refractivity contribution is -0.136. The third kappa shape index (κ3) is 4.41. The van der Waals surface area contributed by atoms with Crippen LogP contribution in [0.15, 0.2) is 36.4 Å². The molecule has 4 rings (SSSR count). The number of piperazine rings is 1. The van der Waals surface area contributed by atoms with Crippen molar-refractivity contribution in [1.29, 1.82) is 0 Å². The first-order valence-corrected chi connectivity index (χ1v) is 9.57. The first-order valence-electron chi connectivity index (χ1n) is 9.57. The van der Waals surface area contributed by atoms with Crippen molar-refractivity contribution in [1.82, 2.24) is 9.80 Å². The first-order chi connectivity index (χ1) is 14.5. The predicted molar refractivity (Wildman–Crippen MR) is 104 cm³/mol. The van der Waals surface area contributed by atoms with E-state index in [1.165, 1.54) is 12.1 Å². The van der Waals surface area contributed by atoms with Crippen LogP contribution in [-0.4, -0.2) is 71.5 Å². The minimum Gasteiger partial charge on any atom is -0.508 e. The largest absolute Gasteiger partial charge is 0.508 e. The maximum absolute atomic E-state index is 12.4. The average Bonchev–Trinajstić information content (AvgIpc) is 3.20. The molecule has 30 heavy (non-hydrogen) atoms. The zero-order valence-corrected chi connectivity index (χ0v) is 16.2. The summed E-state index contributed by atoms with van der Waals surface area (Å²) in [6.45, 7) is 3.06. The second-order valence-corrected chi connectivity index (χ2v) is 7.12. The molecule has 0 aliphatic carbocycles. The summed E-state index contributed by atoms with van der Waals surface area (Å²) in [5.41, 5.74) is 1.01. The summed E-state index contributed by atoms with van der Waals surface area (Å²) in [7, 11) is 0. The van der Waals surface area contributed by atoms with E-state index in [4.69, 9.17) is 14.2 Å². The Hall–Kier alpha value is -3.46. The highest BCUT2D eigenvalue weighted by Crippen LogP contribution is 2.32. The number of aromatic hydroxyl groups is 2. The van der Waals surface area contributed by atoms with Crippen LogP contribution in [0.2, 0.25) is 0 Å². The number of carbonyl (C=O) groups is 2. The van der Waals surface area contributed by atoms with Crippen molar-refractivity contribution in [3.05, 3.63) is 47.5 Å². The van der Waals surface area contributed by atoms with Gasteiger partial charge in [-0.1, -0.05) is 6.07 Å². The number of fused-ring (bicyclic) bond motifs is 1. The van der Waals surface area contributed by atoms with Gasteiger partial charge in [-0.05, 0) is 29.8 Å². The van der Waals surface area contributed by atoms with Crippen molar-refractivity contribution >= 4 is 11.9 Å². The number of phenols is 2. The average molecular weight is 414 g/mol. The van der Waals surface area contributed by atoms with Gasteiger partial charge in [0.25, 0.3) is 5.91 Å². The van der Waals surface area contributed by atoms with Crippen LogP contribution < -0.4 is 9.47 Å². The fourth-order valence-electron chi connectivity index (χ4n) is 3.44. The minimum absolute atomic E-state index is 0.103. The molecule has 0 aromatic heterocycles. The SMILES string of the molecule is O=C(OCC(=O)N1CCN(Cc2ccc3c(c2)OCO3)CC1)c1ccc(O)cc1O. The second kappa shape index (κ2) is 8.50. The number of amides is 1. The molecule has 2 aromatic rings. The number of nitrogens with zero attached hydrogens (tertiary/aromatic N) is 2. The molecule has 0 bridgehead atoms. The highest BCUT2D eigenvalue weighted by Gasteiger charge is 2.23. The van der Waals surface area contributed by atoms with Gasteiger partial charge in [-0.3, -0.25) is 9.69 Å². The van der Waals surface area contributed by atoms with E-state index in [1.807, 2.05) is 18.2 Å². The van der Waals surface area contributed by atoms with E-state index in [2.05, 4.69) is 4.90 Å². The standard InChI is InChI=1S/C21H22N2O7/c24-15-2-3-16(17(25)10-15)21(27)28-12-20(26)23-7-5-22(6-8-23)11-14-1-4-18-19(9-14)30-13-29-18/h1-4,9-10,24-25H,5-8,11-13H2. The molecule has 1 fully saturated rings. The van der Waals surface area contributed by atoms with Gasteiger partial charge in [0.15, 0.2) is 18.1 Å². The lowest BCUT2D eigenvalue weighted by Gasteiger charge is -2.34. The van der Waals surface area contributed by atoms with Gasteiger partial charge in [0.2, 0.25) is 6.79 Å². The van der Waals surface area contributed by atoms with E-state index in [0.29, 0.717) is 26.2 Å². The maximum Gasteiger partial charge on any atom is 0.342 e. The zero-order valence-electron chi connectivity index (χ0n) is 16.2. The van der Waals surface area contributed by atoms with Crippen LogP contribution in [-0.2, 0) is 16.1 Å². The normalized spacial score (nSPS) is 15.8. The summed E-state index contributed by atoms with van der Waals surface area (Å²) in [5, 5.41) is 19.0. The molecule has 2 aliphatic rings. The summed E-state index contributed by atoms with van der Waals surface area (Å²) in [6.07, 6.45) is 0. The predicted octanol–water partition coefficient (Wildman–Crippen LogP) is 1.33. The Morgan fingerprint density at radius 2 is 1.73 bits per heavy atom. The third-order valence-corrected chi connectivity index (χ3v) is 5.10. The second-order valence-electron chi connectivity index (χ2n) is 7.12. The molecule has 0 unspecified atom stereocenters. The van der Waals surface area contributed by atoms with E-state index < -0.39 is 18.3 Å². The van der Waals surface area contributed by atoms with Gasteiger partial charge in [-0.2, -0.15) is 0 Å². The molecule has 0 radical (unpaired) electrons. The van der Waals surface area contributed by atoms with Gasteiger partial charge in [0, 0.05) is 38.8 Å². The quantitative estimate of drug-likeness (QED) is 0.706. The maximum atomic E-state index is 12.4. The first kappa shape index (κ1) is 19.8.